The van der Waals surface area contributed by atoms with Gasteiger partial charge in [-0.3, -0.25) is 14.5 Å². The number of carbonyl (C=O) groups excluding carboxylic acids is 2. The summed E-state index contributed by atoms with van der Waals surface area (Å²) in [6, 6.07) is 18.3. The third kappa shape index (κ3) is 8.33. The van der Waals surface area contributed by atoms with E-state index in [9.17, 15) is 9.59 Å². The Labute approximate surface area is 233 Å². The van der Waals surface area contributed by atoms with Crippen LogP contribution >= 0.6 is 23.2 Å². The molecule has 1 fully saturated rings. The lowest BCUT2D eigenvalue weighted by Gasteiger charge is -2.30. The lowest BCUT2D eigenvalue weighted by Crippen LogP contribution is -2.44. The average molecular weight is 559 g/mol. The van der Waals surface area contributed by atoms with Crippen molar-refractivity contribution in [2.75, 3.05) is 45.9 Å². The SMILES string of the molecule is Cc1ccc(CN(Cc2ccccc2)C(=O)CN(CCCN2CCOCC2)C(=O)c2cc(Cl)cc(Cl)c2)o1. The third-order valence-electron chi connectivity index (χ3n) is 6.44. The predicted octanol–water partition coefficient (Wildman–Crippen LogP) is 5.29. The zero-order valence-electron chi connectivity index (χ0n) is 21.6. The maximum Gasteiger partial charge on any atom is 0.254 e. The summed E-state index contributed by atoms with van der Waals surface area (Å²) in [5.41, 5.74) is 1.36. The molecular weight excluding hydrogens is 525 g/mol. The number of hydrogen-bond donors (Lipinski definition) is 0. The van der Waals surface area contributed by atoms with E-state index in [2.05, 4.69) is 4.90 Å². The number of halogens is 2. The fourth-order valence-corrected chi connectivity index (χ4v) is 5.01. The molecule has 1 aromatic heterocycles. The van der Waals surface area contributed by atoms with Crippen molar-refractivity contribution in [1.29, 1.82) is 0 Å². The highest BCUT2D eigenvalue weighted by Gasteiger charge is 2.24. The molecule has 202 valence electrons. The Hall–Kier alpha value is -2.84. The van der Waals surface area contributed by atoms with Gasteiger partial charge in [-0.25, -0.2) is 0 Å². The minimum atomic E-state index is -0.279. The zero-order chi connectivity index (χ0) is 26.9. The Morgan fingerprint density at radius 2 is 1.63 bits per heavy atom. The van der Waals surface area contributed by atoms with Crippen molar-refractivity contribution < 1.29 is 18.7 Å². The van der Waals surface area contributed by atoms with Crippen LogP contribution in [0, 0.1) is 6.92 Å². The van der Waals surface area contributed by atoms with Crippen molar-refractivity contribution in [2.24, 2.45) is 0 Å². The predicted molar refractivity (Wildman–Crippen MR) is 148 cm³/mol. The quantitative estimate of drug-likeness (QED) is 0.320. The van der Waals surface area contributed by atoms with Crippen LogP contribution in [0.2, 0.25) is 10.0 Å². The fraction of sp³-hybridized carbons (Fsp3) is 0.379. The van der Waals surface area contributed by atoms with Crippen LogP contribution in [0.25, 0.3) is 0 Å². The van der Waals surface area contributed by atoms with Gasteiger partial charge in [0.2, 0.25) is 5.91 Å². The number of rotatable bonds is 11. The van der Waals surface area contributed by atoms with E-state index in [1.165, 1.54) is 0 Å². The molecule has 0 bridgehead atoms. The van der Waals surface area contributed by atoms with Crippen LogP contribution < -0.4 is 0 Å². The molecule has 0 unspecified atom stereocenters. The van der Waals surface area contributed by atoms with E-state index in [0.29, 0.717) is 54.2 Å². The van der Waals surface area contributed by atoms with E-state index < -0.39 is 0 Å². The molecule has 0 saturated carbocycles. The molecular formula is C29H33Cl2N3O4. The van der Waals surface area contributed by atoms with Gasteiger partial charge in [0, 0.05) is 48.3 Å². The van der Waals surface area contributed by atoms with Crippen LogP contribution in [-0.2, 0) is 22.6 Å². The maximum absolute atomic E-state index is 13.7. The topological polar surface area (TPSA) is 66.2 Å². The van der Waals surface area contributed by atoms with Crippen molar-refractivity contribution in [3.8, 4) is 0 Å². The summed E-state index contributed by atoms with van der Waals surface area (Å²) in [5.74, 6) is 1.03. The number of hydrogen-bond acceptors (Lipinski definition) is 5. The van der Waals surface area contributed by atoms with E-state index >= 15 is 0 Å². The molecule has 9 heteroatoms. The van der Waals surface area contributed by atoms with Gasteiger partial charge in [-0.1, -0.05) is 53.5 Å². The molecule has 7 nitrogen and oxygen atoms in total. The molecule has 1 aliphatic rings. The highest BCUT2D eigenvalue weighted by atomic mass is 35.5. The summed E-state index contributed by atoms with van der Waals surface area (Å²) in [7, 11) is 0. The lowest BCUT2D eigenvalue weighted by molar-refractivity contribution is -0.133. The first-order chi connectivity index (χ1) is 18.4. The number of amides is 2. The molecule has 38 heavy (non-hydrogen) atoms. The smallest absolute Gasteiger partial charge is 0.254 e. The molecule has 2 aromatic carbocycles. The Morgan fingerprint density at radius 1 is 0.921 bits per heavy atom. The molecule has 1 aliphatic heterocycles. The average Bonchev–Trinajstić information content (AvgIpc) is 3.32. The number of furan rings is 1. The second-order valence-electron chi connectivity index (χ2n) is 9.44. The lowest BCUT2D eigenvalue weighted by atomic mass is 10.1. The van der Waals surface area contributed by atoms with Gasteiger partial charge in [0.1, 0.15) is 18.1 Å². The summed E-state index contributed by atoms with van der Waals surface area (Å²) in [5, 5.41) is 0.749. The van der Waals surface area contributed by atoms with Crippen molar-refractivity contribution >= 4 is 35.0 Å². The van der Waals surface area contributed by atoms with Gasteiger partial charge < -0.3 is 19.0 Å². The number of ether oxygens (including phenoxy) is 1. The second kappa shape index (κ2) is 13.8. The molecule has 2 heterocycles. The van der Waals surface area contributed by atoms with Gasteiger partial charge in [-0.15, -0.1) is 0 Å². The van der Waals surface area contributed by atoms with E-state index in [4.69, 9.17) is 32.4 Å². The van der Waals surface area contributed by atoms with Crippen LogP contribution in [0.1, 0.15) is 33.9 Å². The first-order valence-electron chi connectivity index (χ1n) is 12.8. The van der Waals surface area contributed by atoms with Crippen LogP contribution in [0.5, 0.6) is 0 Å². The molecule has 0 atom stereocenters. The standard InChI is InChI=1S/C29H33Cl2N3O4/c1-22-8-9-27(38-22)20-34(19-23-6-3-2-4-7-23)28(35)21-33(11-5-10-32-12-14-37-15-13-32)29(36)24-16-25(30)18-26(31)17-24/h2-4,6-9,16-18H,5,10-15,19-21H2,1H3. The van der Waals surface area contributed by atoms with Gasteiger partial charge in [0.15, 0.2) is 0 Å². The maximum atomic E-state index is 13.7. The third-order valence-corrected chi connectivity index (χ3v) is 6.88. The summed E-state index contributed by atoms with van der Waals surface area (Å²) in [4.78, 5) is 32.9. The van der Waals surface area contributed by atoms with Gasteiger partial charge in [0.05, 0.1) is 19.8 Å². The minimum Gasteiger partial charge on any atom is -0.464 e. The largest absolute Gasteiger partial charge is 0.464 e. The summed E-state index contributed by atoms with van der Waals surface area (Å²) >= 11 is 12.4. The van der Waals surface area contributed by atoms with Crippen LogP contribution in [0.4, 0.5) is 0 Å². The number of aryl methyl sites for hydroxylation is 1. The Morgan fingerprint density at radius 3 is 2.29 bits per heavy atom. The first kappa shape index (κ1) is 28.2. The van der Waals surface area contributed by atoms with Gasteiger partial charge in [0.25, 0.3) is 5.91 Å². The highest BCUT2D eigenvalue weighted by molar-refractivity contribution is 6.35. The molecule has 1 saturated heterocycles. The number of nitrogens with zero attached hydrogens (tertiary/aromatic N) is 3. The summed E-state index contributed by atoms with van der Waals surface area (Å²) < 4.78 is 11.2. The van der Waals surface area contributed by atoms with Crippen molar-refractivity contribution in [3.05, 3.63) is 93.4 Å². The summed E-state index contributed by atoms with van der Waals surface area (Å²) in [6.45, 7) is 6.90. The molecule has 3 aromatic rings. The van der Waals surface area contributed by atoms with Crippen LogP contribution in [0.15, 0.2) is 65.1 Å². The van der Waals surface area contributed by atoms with Crippen molar-refractivity contribution in [1.82, 2.24) is 14.7 Å². The molecule has 0 radical (unpaired) electrons. The first-order valence-corrected chi connectivity index (χ1v) is 13.6. The van der Waals surface area contributed by atoms with E-state index in [1.54, 1.807) is 28.0 Å². The van der Waals surface area contributed by atoms with Crippen LogP contribution in [0.3, 0.4) is 0 Å². The van der Waals surface area contributed by atoms with E-state index in [1.807, 2.05) is 49.4 Å². The van der Waals surface area contributed by atoms with Crippen molar-refractivity contribution in [2.45, 2.75) is 26.4 Å². The number of carbonyl (C=O) groups is 2. The molecule has 0 spiro atoms. The molecule has 0 aliphatic carbocycles. The second-order valence-corrected chi connectivity index (χ2v) is 10.3. The zero-order valence-corrected chi connectivity index (χ0v) is 23.1. The van der Waals surface area contributed by atoms with Gasteiger partial charge in [-0.05, 0) is 49.2 Å². The minimum absolute atomic E-state index is 0.0708. The van der Waals surface area contributed by atoms with Gasteiger partial charge >= 0.3 is 0 Å². The van der Waals surface area contributed by atoms with E-state index in [0.717, 1.165) is 37.4 Å². The summed E-state index contributed by atoms with van der Waals surface area (Å²) in [6.07, 6.45) is 0.726. The van der Waals surface area contributed by atoms with E-state index in [-0.39, 0.29) is 18.4 Å². The van der Waals surface area contributed by atoms with Crippen molar-refractivity contribution in [3.63, 3.8) is 0 Å². The molecule has 4 rings (SSSR count). The highest BCUT2D eigenvalue weighted by Crippen LogP contribution is 2.21. The Kier molecular flexibility index (Phi) is 10.2. The molecule has 0 N–H and O–H groups in total. The van der Waals surface area contributed by atoms with Gasteiger partial charge in [-0.2, -0.15) is 0 Å². The normalized spacial score (nSPS) is 13.9. The Bertz CT molecular complexity index is 1190. The number of benzene rings is 2. The molecule has 2 amide bonds. The van der Waals surface area contributed by atoms with Crippen LogP contribution in [-0.4, -0.2) is 72.5 Å². The monoisotopic (exact) mass is 557 g/mol. The number of morpholine rings is 1. The Balaban J connectivity index is 1.52. The fourth-order valence-electron chi connectivity index (χ4n) is 4.48.